The molecule has 1 aromatic carbocycles. The molecule has 0 spiro atoms. The van der Waals surface area contributed by atoms with Gasteiger partial charge in [0.25, 0.3) is 5.91 Å². The van der Waals surface area contributed by atoms with Crippen LogP contribution in [0.5, 0.6) is 0 Å². The summed E-state index contributed by atoms with van der Waals surface area (Å²) in [6.45, 7) is 0. The summed E-state index contributed by atoms with van der Waals surface area (Å²) in [5.41, 5.74) is -0.523. The Morgan fingerprint density at radius 1 is 1.00 bits per heavy atom. The Morgan fingerprint density at radius 3 is 2.40 bits per heavy atom. The van der Waals surface area contributed by atoms with Crippen molar-refractivity contribution in [1.82, 2.24) is 10.2 Å². The number of hydrogen-bond acceptors (Lipinski definition) is 5. The molecule has 3 rings (SSSR count). The Balaban J connectivity index is 1.68. The number of carbonyl (C=O) groups excluding carboxylic acids is 1. The zero-order valence-corrected chi connectivity index (χ0v) is 13.4. The van der Waals surface area contributed by atoms with Crippen LogP contribution in [0.1, 0.15) is 15.2 Å². The van der Waals surface area contributed by atoms with Gasteiger partial charge in [-0.3, -0.25) is 4.79 Å². The minimum atomic E-state index is -4.42. The first kappa shape index (κ1) is 16.9. The first-order valence-corrected chi connectivity index (χ1v) is 7.93. The van der Waals surface area contributed by atoms with E-state index >= 15 is 0 Å². The average Bonchev–Trinajstić information content (AvgIpc) is 3.11. The first-order valence-electron chi connectivity index (χ1n) is 7.05. The molecule has 3 aromatic rings. The Kier molecular flexibility index (Phi) is 4.66. The highest BCUT2D eigenvalue weighted by Crippen LogP contribution is 2.31. The molecular weight excluding hydrogens is 353 g/mol. The topological polar surface area (TPSA) is 66.9 Å². The molecule has 0 aliphatic heterocycles. The van der Waals surface area contributed by atoms with Crippen molar-refractivity contribution < 1.29 is 18.0 Å². The summed E-state index contributed by atoms with van der Waals surface area (Å²) in [4.78, 5) is 12.4. The van der Waals surface area contributed by atoms with Gasteiger partial charge in [-0.2, -0.15) is 13.2 Å². The number of hydrogen-bond donors (Lipinski definition) is 2. The second kappa shape index (κ2) is 6.89. The van der Waals surface area contributed by atoms with Crippen LogP contribution in [0.25, 0.3) is 0 Å². The molecule has 1 amide bonds. The minimum Gasteiger partial charge on any atom is -0.339 e. The van der Waals surface area contributed by atoms with Gasteiger partial charge in [0.05, 0.1) is 10.4 Å². The number of anilines is 3. The lowest BCUT2D eigenvalue weighted by molar-refractivity contribution is -0.137. The molecule has 0 aliphatic rings. The van der Waals surface area contributed by atoms with Gasteiger partial charge in [-0.1, -0.05) is 12.1 Å². The molecule has 128 valence electrons. The molecule has 2 N–H and O–H groups in total. The molecule has 2 heterocycles. The van der Waals surface area contributed by atoms with E-state index in [9.17, 15) is 18.0 Å². The quantitative estimate of drug-likeness (QED) is 0.713. The molecule has 0 saturated carbocycles. The zero-order valence-electron chi connectivity index (χ0n) is 12.5. The van der Waals surface area contributed by atoms with E-state index in [1.165, 1.54) is 35.6 Å². The number of thiophene rings is 1. The smallest absolute Gasteiger partial charge is 0.339 e. The fourth-order valence-corrected chi connectivity index (χ4v) is 2.59. The third-order valence-electron chi connectivity index (χ3n) is 3.11. The number of alkyl halides is 3. The first-order chi connectivity index (χ1) is 11.9. The van der Waals surface area contributed by atoms with E-state index in [0.29, 0.717) is 4.88 Å². The highest BCUT2D eigenvalue weighted by Gasteiger charge is 2.30. The van der Waals surface area contributed by atoms with Crippen LogP contribution in [0, 0.1) is 0 Å². The lowest BCUT2D eigenvalue weighted by Gasteiger charge is -2.10. The number of amides is 1. The number of benzene rings is 1. The van der Waals surface area contributed by atoms with E-state index in [-0.39, 0.29) is 23.2 Å². The zero-order chi connectivity index (χ0) is 17.9. The van der Waals surface area contributed by atoms with E-state index in [4.69, 9.17) is 0 Å². The van der Waals surface area contributed by atoms with Crippen LogP contribution in [0.4, 0.5) is 30.5 Å². The second-order valence-electron chi connectivity index (χ2n) is 4.94. The maximum absolute atomic E-state index is 12.7. The summed E-state index contributed by atoms with van der Waals surface area (Å²) in [6.07, 6.45) is -4.42. The maximum Gasteiger partial charge on any atom is 0.416 e. The molecule has 0 fully saturated rings. The molecule has 2 aromatic heterocycles. The molecular formula is C16H11F3N4OS. The van der Waals surface area contributed by atoms with Gasteiger partial charge in [0.1, 0.15) is 0 Å². The number of nitrogens with zero attached hydrogens (tertiary/aromatic N) is 2. The van der Waals surface area contributed by atoms with Crippen LogP contribution in [0.2, 0.25) is 0 Å². The molecule has 0 unspecified atom stereocenters. The van der Waals surface area contributed by atoms with Crippen LogP contribution < -0.4 is 10.6 Å². The van der Waals surface area contributed by atoms with Crippen molar-refractivity contribution in [3.05, 3.63) is 64.4 Å². The monoisotopic (exact) mass is 364 g/mol. The van der Waals surface area contributed by atoms with Gasteiger partial charge in [-0.05, 0) is 41.8 Å². The van der Waals surface area contributed by atoms with E-state index < -0.39 is 11.7 Å². The molecule has 9 heteroatoms. The summed E-state index contributed by atoms with van der Waals surface area (Å²) in [5.74, 6) is 0.198. The van der Waals surface area contributed by atoms with E-state index in [1.54, 1.807) is 17.5 Å². The Bertz CT molecular complexity index is 864. The number of aromatic nitrogens is 2. The molecule has 0 atom stereocenters. The van der Waals surface area contributed by atoms with Crippen LogP contribution in [-0.2, 0) is 6.18 Å². The van der Waals surface area contributed by atoms with Gasteiger partial charge in [-0.15, -0.1) is 21.5 Å². The third kappa shape index (κ3) is 4.32. The predicted molar refractivity (Wildman–Crippen MR) is 89.0 cm³/mol. The SMILES string of the molecule is O=C(Nc1ccc(Nc2cccc(C(F)(F)F)c2)nn1)c1cccs1. The van der Waals surface area contributed by atoms with Gasteiger partial charge < -0.3 is 10.6 Å². The van der Waals surface area contributed by atoms with Gasteiger partial charge in [0.15, 0.2) is 11.6 Å². The highest BCUT2D eigenvalue weighted by atomic mass is 32.1. The van der Waals surface area contributed by atoms with Gasteiger partial charge in [0.2, 0.25) is 0 Å². The number of halogens is 3. The van der Waals surface area contributed by atoms with E-state index in [0.717, 1.165) is 12.1 Å². The molecule has 0 radical (unpaired) electrons. The Labute approximate surface area is 144 Å². The predicted octanol–water partition coefficient (Wildman–Crippen LogP) is 4.55. The van der Waals surface area contributed by atoms with Crippen molar-refractivity contribution in [2.45, 2.75) is 6.18 Å². The summed E-state index contributed by atoms with van der Waals surface area (Å²) in [7, 11) is 0. The van der Waals surface area contributed by atoms with Gasteiger partial charge >= 0.3 is 6.18 Å². The Hall–Kier alpha value is -2.94. The van der Waals surface area contributed by atoms with Crippen LogP contribution in [0.3, 0.4) is 0 Å². The largest absolute Gasteiger partial charge is 0.416 e. The molecule has 0 aliphatic carbocycles. The lowest BCUT2D eigenvalue weighted by atomic mass is 10.2. The van der Waals surface area contributed by atoms with Crippen molar-refractivity contribution in [3.63, 3.8) is 0 Å². The maximum atomic E-state index is 12.7. The molecule has 5 nitrogen and oxygen atoms in total. The highest BCUT2D eigenvalue weighted by molar-refractivity contribution is 7.12. The Morgan fingerprint density at radius 2 is 1.76 bits per heavy atom. The normalized spacial score (nSPS) is 11.2. The third-order valence-corrected chi connectivity index (χ3v) is 3.98. The van der Waals surface area contributed by atoms with Gasteiger partial charge in [-0.25, -0.2) is 0 Å². The van der Waals surface area contributed by atoms with Crippen molar-refractivity contribution >= 4 is 34.6 Å². The van der Waals surface area contributed by atoms with Crippen molar-refractivity contribution in [3.8, 4) is 0 Å². The number of nitrogens with one attached hydrogen (secondary N) is 2. The number of rotatable bonds is 4. The fourth-order valence-electron chi connectivity index (χ4n) is 1.97. The standard InChI is InChI=1S/C16H11F3N4OS/c17-16(18,19)10-3-1-4-11(9-10)20-13-6-7-14(23-22-13)21-15(24)12-5-2-8-25-12/h1-9H,(H,20,22)(H,21,23,24). The molecule has 25 heavy (non-hydrogen) atoms. The molecule has 0 saturated heterocycles. The lowest BCUT2D eigenvalue weighted by Crippen LogP contribution is -2.12. The fraction of sp³-hybridized carbons (Fsp3) is 0.0625. The van der Waals surface area contributed by atoms with Crippen LogP contribution in [-0.4, -0.2) is 16.1 Å². The molecule has 0 bridgehead atoms. The van der Waals surface area contributed by atoms with Crippen molar-refractivity contribution in [2.24, 2.45) is 0 Å². The number of carbonyl (C=O) groups is 1. The van der Waals surface area contributed by atoms with E-state index in [1.807, 2.05) is 0 Å². The van der Waals surface area contributed by atoms with Crippen molar-refractivity contribution in [1.29, 1.82) is 0 Å². The van der Waals surface area contributed by atoms with E-state index in [2.05, 4.69) is 20.8 Å². The summed E-state index contributed by atoms with van der Waals surface area (Å²) in [5, 5.41) is 14.8. The average molecular weight is 364 g/mol. The second-order valence-corrected chi connectivity index (χ2v) is 5.89. The summed E-state index contributed by atoms with van der Waals surface area (Å²) >= 11 is 1.29. The van der Waals surface area contributed by atoms with Crippen LogP contribution >= 0.6 is 11.3 Å². The summed E-state index contributed by atoms with van der Waals surface area (Å²) < 4.78 is 38.1. The minimum absolute atomic E-state index is 0.236. The van der Waals surface area contributed by atoms with Gasteiger partial charge in [0, 0.05) is 5.69 Å². The van der Waals surface area contributed by atoms with Crippen LogP contribution in [0.15, 0.2) is 53.9 Å². The van der Waals surface area contributed by atoms with Crippen molar-refractivity contribution in [2.75, 3.05) is 10.6 Å². The summed E-state index contributed by atoms with van der Waals surface area (Å²) in [6, 6.07) is 11.2.